The molecule has 3 heterocycles. The number of hydrogen-bond acceptors (Lipinski definition) is 5. The number of nitrogens with zero attached hydrogens (tertiary/aromatic N) is 4. The second kappa shape index (κ2) is 4.73. The van der Waals surface area contributed by atoms with Gasteiger partial charge in [-0.3, -0.25) is 10.1 Å². The van der Waals surface area contributed by atoms with Crippen LogP contribution in [-0.4, -0.2) is 45.8 Å². The average molecular weight is 244 g/mol. The van der Waals surface area contributed by atoms with E-state index in [4.69, 9.17) is 0 Å². The first-order valence-electron chi connectivity index (χ1n) is 6.15. The molecule has 6 nitrogen and oxygen atoms in total. The van der Waals surface area contributed by atoms with Crippen LogP contribution >= 0.6 is 0 Å². The van der Waals surface area contributed by atoms with Crippen molar-refractivity contribution in [2.24, 2.45) is 0 Å². The van der Waals surface area contributed by atoms with Gasteiger partial charge in [0.1, 0.15) is 5.69 Å². The van der Waals surface area contributed by atoms with Crippen LogP contribution in [0.5, 0.6) is 0 Å². The monoisotopic (exact) mass is 244 g/mol. The first kappa shape index (κ1) is 11.2. The smallest absolute Gasteiger partial charge is 0.245 e. The topological polar surface area (TPSA) is 69.7 Å². The van der Waals surface area contributed by atoms with Gasteiger partial charge in [0.05, 0.1) is 0 Å². The van der Waals surface area contributed by atoms with Crippen molar-refractivity contribution >= 4 is 5.95 Å². The Labute approximate surface area is 105 Å². The highest BCUT2D eigenvalue weighted by molar-refractivity contribution is 5.50. The lowest BCUT2D eigenvalue weighted by Crippen LogP contribution is -2.49. The Morgan fingerprint density at radius 1 is 1.39 bits per heavy atom. The van der Waals surface area contributed by atoms with E-state index in [0.717, 1.165) is 37.1 Å². The molecule has 2 aromatic heterocycles. The van der Waals surface area contributed by atoms with Crippen LogP contribution in [0.15, 0.2) is 24.4 Å². The van der Waals surface area contributed by atoms with Crippen LogP contribution < -0.4 is 10.2 Å². The maximum atomic E-state index is 4.51. The van der Waals surface area contributed by atoms with Crippen molar-refractivity contribution in [3.63, 3.8) is 0 Å². The lowest BCUT2D eigenvalue weighted by molar-refractivity contribution is 0.480. The van der Waals surface area contributed by atoms with E-state index in [1.165, 1.54) is 0 Å². The third-order valence-electron chi connectivity index (χ3n) is 3.03. The summed E-state index contributed by atoms with van der Waals surface area (Å²) >= 11 is 0. The molecule has 0 spiro atoms. The number of hydrogen-bond donors (Lipinski definition) is 2. The van der Waals surface area contributed by atoms with Gasteiger partial charge in [0.15, 0.2) is 5.82 Å². The summed E-state index contributed by atoms with van der Waals surface area (Å²) in [5.74, 6) is 1.47. The zero-order valence-corrected chi connectivity index (χ0v) is 10.3. The number of aromatic amines is 1. The molecule has 6 heteroatoms. The first-order chi connectivity index (χ1) is 8.83. The molecular weight excluding hydrogens is 228 g/mol. The van der Waals surface area contributed by atoms with Crippen molar-refractivity contribution in [1.29, 1.82) is 0 Å². The summed E-state index contributed by atoms with van der Waals surface area (Å²) in [6, 6.07) is 6.22. The van der Waals surface area contributed by atoms with E-state index in [2.05, 4.69) is 37.3 Å². The molecule has 1 saturated heterocycles. The number of nitrogens with one attached hydrogen (secondary N) is 2. The van der Waals surface area contributed by atoms with E-state index in [9.17, 15) is 0 Å². The maximum absolute atomic E-state index is 4.51. The molecule has 0 aromatic carbocycles. The van der Waals surface area contributed by atoms with Crippen molar-refractivity contribution in [2.75, 3.05) is 24.5 Å². The van der Waals surface area contributed by atoms with Gasteiger partial charge in [-0.05, 0) is 19.1 Å². The lowest BCUT2D eigenvalue weighted by Gasteiger charge is -2.30. The predicted octanol–water partition coefficient (Wildman–Crippen LogP) is 0.665. The van der Waals surface area contributed by atoms with Crippen LogP contribution in [0.4, 0.5) is 5.95 Å². The number of rotatable bonds is 2. The molecule has 18 heavy (non-hydrogen) atoms. The molecule has 1 aliphatic rings. The Morgan fingerprint density at radius 2 is 2.33 bits per heavy atom. The zero-order valence-electron chi connectivity index (χ0n) is 10.3. The van der Waals surface area contributed by atoms with Crippen molar-refractivity contribution in [1.82, 2.24) is 25.5 Å². The highest BCUT2D eigenvalue weighted by Gasteiger charge is 2.19. The highest BCUT2D eigenvalue weighted by Crippen LogP contribution is 2.15. The number of aromatic nitrogens is 4. The standard InChI is InChI=1S/C12H16N6/c1-9-8-18(7-6-13-9)12-15-11(16-17-12)10-4-2-3-5-14-10/h2-5,9,13H,6-8H2,1H3,(H,15,16,17). The fourth-order valence-electron chi connectivity index (χ4n) is 2.13. The van der Waals surface area contributed by atoms with Crippen LogP contribution in [-0.2, 0) is 0 Å². The fraction of sp³-hybridized carbons (Fsp3) is 0.417. The van der Waals surface area contributed by atoms with Crippen molar-refractivity contribution in [3.05, 3.63) is 24.4 Å². The molecule has 0 aliphatic carbocycles. The molecular formula is C12H16N6. The predicted molar refractivity (Wildman–Crippen MR) is 69.3 cm³/mol. The van der Waals surface area contributed by atoms with Gasteiger partial charge in [-0.15, -0.1) is 5.10 Å². The van der Waals surface area contributed by atoms with E-state index in [1.54, 1.807) is 6.20 Å². The molecule has 1 unspecified atom stereocenters. The molecule has 2 N–H and O–H groups in total. The summed E-state index contributed by atoms with van der Waals surface area (Å²) in [5.41, 5.74) is 0.819. The minimum Gasteiger partial charge on any atom is -0.337 e. The van der Waals surface area contributed by atoms with Crippen LogP contribution in [0.1, 0.15) is 6.92 Å². The van der Waals surface area contributed by atoms with Gasteiger partial charge < -0.3 is 10.2 Å². The van der Waals surface area contributed by atoms with Gasteiger partial charge in [0, 0.05) is 31.9 Å². The second-order valence-electron chi connectivity index (χ2n) is 4.50. The summed E-state index contributed by atoms with van der Waals surface area (Å²) in [6.45, 7) is 5.00. The average Bonchev–Trinajstić information content (AvgIpc) is 2.89. The second-order valence-corrected chi connectivity index (χ2v) is 4.50. The summed E-state index contributed by atoms with van der Waals surface area (Å²) in [4.78, 5) is 11.0. The van der Waals surface area contributed by atoms with Crippen molar-refractivity contribution in [2.45, 2.75) is 13.0 Å². The normalized spacial score (nSPS) is 20.1. The quantitative estimate of drug-likeness (QED) is 0.812. The van der Waals surface area contributed by atoms with E-state index in [0.29, 0.717) is 6.04 Å². The minimum absolute atomic E-state index is 0.468. The lowest BCUT2D eigenvalue weighted by atomic mass is 10.2. The Kier molecular flexibility index (Phi) is 2.93. The third kappa shape index (κ3) is 2.19. The van der Waals surface area contributed by atoms with Crippen molar-refractivity contribution in [3.8, 4) is 11.5 Å². The maximum Gasteiger partial charge on any atom is 0.245 e. The third-order valence-corrected chi connectivity index (χ3v) is 3.03. The van der Waals surface area contributed by atoms with Crippen molar-refractivity contribution < 1.29 is 0 Å². The van der Waals surface area contributed by atoms with Crippen LogP contribution in [0.25, 0.3) is 11.5 Å². The molecule has 0 radical (unpaired) electrons. The van der Waals surface area contributed by atoms with Crippen LogP contribution in [0.2, 0.25) is 0 Å². The van der Waals surface area contributed by atoms with Crippen LogP contribution in [0.3, 0.4) is 0 Å². The largest absolute Gasteiger partial charge is 0.337 e. The van der Waals surface area contributed by atoms with E-state index in [-0.39, 0.29) is 0 Å². The van der Waals surface area contributed by atoms with E-state index in [1.807, 2.05) is 18.2 Å². The molecule has 3 rings (SSSR count). The Hall–Kier alpha value is -1.95. The molecule has 94 valence electrons. The number of piperazine rings is 1. The minimum atomic E-state index is 0.468. The molecule has 1 aliphatic heterocycles. The number of H-pyrrole nitrogens is 1. The van der Waals surface area contributed by atoms with Gasteiger partial charge >= 0.3 is 0 Å². The Balaban J connectivity index is 1.81. The summed E-state index contributed by atoms with van der Waals surface area (Å²) in [5, 5.41) is 10.6. The number of anilines is 1. The SMILES string of the molecule is CC1CN(c2n[nH]c(-c3ccccn3)n2)CCN1. The van der Waals surface area contributed by atoms with Gasteiger partial charge in [-0.1, -0.05) is 6.07 Å². The van der Waals surface area contributed by atoms with Crippen LogP contribution in [0, 0.1) is 0 Å². The first-order valence-corrected chi connectivity index (χ1v) is 6.15. The fourth-order valence-corrected chi connectivity index (χ4v) is 2.13. The van der Waals surface area contributed by atoms with Gasteiger partial charge in [0.25, 0.3) is 0 Å². The molecule has 0 saturated carbocycles. The number of pyridine rings is 1. The van der Waals surface area contributed by atoms with Gasteiger partial charge in [0.2, 0.25) is 5.95 Å². The van der Waals surface area contributed by atoms with Gasteiger partial charge in [-0.25, -0.2) is 0 Å². The Morgan fingerprint density at radius 3 is 3.11 bits per heavy atom. The summed E-state index contributed by atoms with van der Waals surface area (Å²) in [6.07, 6.45) is 1.75. The molecule has 2 aromatic rings. The molecule has 1 atom stereocenters. The van der Waals surface area contributed by atoms with Gasteiger partial charge in [-0.2, -0.15) is 4.98 Å². The summed E-state index contributed by atoms with van der Waals surface area (Å²) in [7, 11) is 0. The van der Waals surface area contributed by atoms with E-state index >= 15 is 0 Å². The zero-order chi connectivity index (χ0) is 12.4. The summed E-state index contributed by atoms with van der Waals surface area (Å²) < 4.78 is 0. The van der Waals surface area contributed by atoms with E-state index < -0.39 is 0 Å². The molecule has 1 fully saturated rings. The highest BCUT2D eigenvalue weighted by atomic mass is 15.4. The Bertz CT molecular complexity index is 508. The molecule has 0 bridgehead atoms. The molecule has 0 amide bonds.